The van der Waals surface area contributed by atoms with E-state index in [1.165, 1.54) is 10.5 Å². The minimum absolute atomic E-state index is 0.0195. The third-order valence-electron chi connectivity index (χ3n) is 3.32. The number of likely N-dealkylation sites (N-methyl/N-ethyl adjacent to an activating group) is 1. The van der Waals surface area contributed by atoms with Crippen LogP contribution in [0.1, 0.15) is 18.4 Å². The number of hydrogen-bond donors (Lipinski definition) is 1. The van der Waals surface area contributed by atoms with Gasteiger partial charge in [0, 0.05) is 25.8 Å². The van der Waals surface area contributed by atoms with Gasteiger partial charge in [-0.15, -0.1) is 0 Å². The summed E-state index contributed by atoms with van der Waals surface area (Å²) in [6.07, 6.45) is 3.44. The summed E-state index contributed by atoms with van der Waals surface area (Å²) in [4.78, 5) is 3.98. The van der Waals surface area contributed by atoms with Crippen molar-refractivity contribution in [3.8, 4) is 0 Å². The van der Waals surface area contributed by atoms with Crippen molar-refractivity contribution in [2.45, 2.75) is 30.8 Å². The molecule has 0 bridgehead atoms. The Morgan fingerprint density at radius 2 is 2.28 bits per heavy atom. The fourth-order valence-corrected chi connectivity index (χ4v) is 3.53. The molecule has 0 aliphatic carbocycles. The molecule has 1 fully saturated rings. The van der Waals surface area contributed by atoms with Gasteiger partial charge in [-0.3, -0.25) is 0 Å². The fraction of sp³-hybridized carbons (Fsp3) is 0.583. The van der Waals surface area contributed by atoms with Crippen LogP contribution in [0.25, 0.3) is 0 Å². The molecule has 2 rings (SSSR count). The summed E-state index contributed by atoms with van der Waals surface area (Å²) in [5, 5.41) is 3.36. The maximum Gasteiger partial charge on any atom is 0.260 e. The molecule has 0 aromatic carbocycles. The highest BCUT2D eigenvalue weighted by atomic mass is 32.2. The average molecular weight is 269 g/mol. The second-order valence-corrected chi connectivity index (χ2v) is 6.64. The number of rotatable bonds is 3. The topological polar surface area (TPSA) is 62.3 Å². The first kappa shape index (κ1) is 13.5. The Bertz CT molecular complexity index is 510. The molecule has 18 heavy (non-hydrogen) atoms. The molecule has 0 spiro atoms. The van der Waals surface area contributed by atoms with Crippen LogP contribution in [-0.4, -0.2) is 43.9 Å². The second kappa shape index (κ2) is 5.34. The SMILES string of the molecule is Cc1ccnc(S(=O)(=O)N(C)[C@@H]2CCCNC2)c1. The number of hydrogen-bond acceptors (Lipinski definition) is 4. The van der Waals surface area contributed by atoms with E-state index < -0.39 is 10.0 Å². The molecule has 5 nitrogen and oxygen atoms in total. The van der Waals surface area contributed by atoms with Gasteiger partial charge in [-0.2, -0.15) is 4.31 Å². The smallest absolute Gasteiger partial charge is 0.260 e. The Hall–Kier alpha value is -0.980. The van der Waals surface area contributed by atoms with Crippen molar-refractivity contribution < 1.29 is 8.42 Å². The number of aromatic nitrogens is 1. The molecule has 1 aromatic heterocycles. The standard InChI is InChI=1S/C12H19N3O2S/c1-10-5-7-14-12(8-10)18(16,17)15(2)11-4-3-6-13-9-11/h5,7-8,11,13H,3-4,6,9H2,1-2H3/t11-/m1/s1. The third kappa shape index (κ3) is 2.71. The minimum Gasteiger partial charge on any atom is -0.315 e. The summed E-state index contributed by atoms with van der Waals surface area (Å²) in [5.74, 6) is 0. The Kier molecular flexibility index (Phi) is 3.99. The summed E-state index contributed by atoms with van der Waals surface area (Å²) in [6.45, 7) is 3.54. The van der Waals surface area contributed by atoms with Gasteiger partial charge in [0.1, 0.15) is 0 Å². The molecule has 1 saturated heterocycles. The van der Waals surface area contributed by atoms with Crippen molar-refractivity contribution in [3.05, 3.63) is 23.9 Å². The zero-order valence-corrected chi connectivity index (χ0v) is 11.6. The molecule has 1 atom stereocenters. The Balaban J connectivity index is 2.24. The van der Waals surface area contributed by atoms with Gasteiger partial charge in [0.25, 0.3) is 10.0 Å². The predicted octanol–water partition coefficient (Wildman–Crippen LogP) is 0.763. The molecule has 2 heterocycles. The van der Waals surface area contributed by atoms with Crippen molar-refractivity contribution in [3.63, 3.8) is 0 Å². The van der Waals surface area contributed by atoms with Crippen molar-refractivity contribution in [1.82, 2.24) is 14.6 Å². The van der Waals surface area contributed by atoms with Crippen LogP contribution in [0.3, 0.4) is 0 Å². The molecule has 1 aliphatic heterocycles. The van der Waals surface area contributed by atoms with Gasteiger partial charge in [0.15, 0.2) is 5.03 Å². The highest BCUT2D eigenvalue weighted by molar-refractivity contribution is 7.89. The summed E-state index contributed by atoms with van der Waals surface area (Å²) in [7, 11) is -1.84. The van der Waals surface area contributed by atoms with Gasteiger partial charge >= 0.3 is 0 Å². The van der Waals surface area contributed by atoms with Crippen molar-refractivity contribution in [2.75, 3.05) is 20.1 Å². The second-order valence-electron chi connectivity index (χ2n) is 4.69. The van der Waals surface area contributed by atoms with Crippen LogP contribution in [-0.2, 0) is 10.0 Å². The summed E-state index contributed by atoms with van der Waals surface area (Å²) < 4.78 is 26.3. The van der Waals surface area contributed by atoms with Crippen LogP contribution in [0, 0.1) is 6.92 Å². The lowest BCUT2D eigenvalue weighted by Gasteiger charge is -2.30. The van der Waals surface area contributed by atoms with E-state index in [-0.39, 0.29) is 11.1 Å². The molecule has 0 radical (unpaired) electrons. The molecule has 0 unspecified atom stereocenters. The molecule has 6 heteroatoms. The van der Waals surface area contributed by atoms with Crippen LogP contribution < -0.4 is 5.32 Å². The van der Waals surface area contributed by atoms with Crippen molar-refractivity contribution >= 4 is 10.0 Å². The van der Waals surface area contributed by atoms with Crippen LogP contribution in [0.15, 0.2) is 23.4 Å². The van der Waals surface area contributed by atoms with E-state index >= 15 is 0 Å². The lowest BCUT2D eigenvalue weighted by molar-refractivity contribution is 0.299. The monoisotopic (exact) mass is 269 g/mol. The van der Waals surface area contributed by atoms with E-state index in [1.807, 2.05) is 6.92 Å². The quantitative estimate of drug-likeness (QED) is 0.880. The molecule has 1 aromatic rings. The van der Waals surface area contributed by atoms with E-state index in [1.54, 1.807) is 19.2 Å². The van der Waals surface area contributed by atoms with E-state index in [0.29, 0.717) is 6.54 Å². The summed E-state index contributed by atoms with van der Waals surface area (Å²) in [5.41, 5.74) is 0.902. The zero-order valence-electron chi connectivity index (χ0n) is 10.8. The third-order valence-corrected chi connectivity index (χ3v) is 5.13. The predicted molar refractivity (Wildman–Crippen MR) is 69.8 cm³/mol. The number of sulfonamides is 1. The number of piperidine rings is 1. The summed E-state index contributed by atoms with van der Waals surface area (Å²) in [6, 6.07) is 3.43. The number of nitrogens with zero attached hydrogens (tertiary/aromatic N) is 2. The lowest BCUT2D eigenvalue weighted by atomic mass is 10.1. The fourth-order valence-electron chi connectivity index (χ4n) is 2.14. The molecule has 0 saturated carbocycles. The summed E-state index contributed by atoms with van der Waals surface area (Å²) >= 11 is 0. The van der Waals surface area contributed by atoms with Gasteiger partial charge < -0.3 is 5.32 Å². The largest absolute Gasteiger partial charge is 0.315 e. The van der Waals surface area contributed by atoms with Crippen molar-refractivity contribution in [1.29, 1.82) is 0 Å². The molecule has 100 valence electrons. The number of nitrogens with one attached hydrogen (secondary N) is 1. The molecule has 1 aliphatic rings. The van der Waals surface area contributed by atoms with Crippen LogP contribution >= 0.6 is 0 Å². The Labute approximate surface area is 108 Å². The van der Waals surface area contributed by atoms with Gasteiger partial charge in [-0.25, -0.2) is 13.4 Å². The van der Waals surface area contributed by atoms with E-state index in [0.717, 1.165) is 24.9 Å². The maximum absolute atomic E-state index is 12.4. The lowest BCUT2D eigenvalue weighted by Crippen LogP contribution is -2.46. The highest BCUT2D eigenvalue weighted by Gasteiger charge is 2.29. The molecular formula is C12H19N3O2S. The van der Waals surface area contributed by atoms with Gasteiger partial charge in [0.2, 0.25) is 0 Å². The molecule has 1 N–H and O–H groups in total. The van der Waals surface area contributed by atoms with Gasteiger partial charge in [-0.1, -0.05) is 0 Å². The first-order valence-corrected chi connectivity index (χ1v) is 7.57. The number of pyridine rings is 1. The highest BCUT2D eigenvalue weighted by Crippen LogP contribution is 2.18. The minimum atomic E-state index is -3.48. The Morgan fingerprint density at radius 3 is 2.89 bits per heavy atom. The normalized spacial score (nSPS) is 21.2. The maximum atomic E-state index is 12.4. The van der Waals surface area contributed by atoms with E-state index in [4.69, 9.17) is 0 Å². The van der Waals surface area contributed by atoms with Gasteiger partial charge in [-0.05, 0) is 44.0 Å². The van der Waals surface area contributed by atoms with Crippen LogP contribution in [0.5, 0.6) is 0 Å². The van der Waals surface area contributed by atoms with E-state index in [2.05, 4.69) is 10.3 Å². The first-order valence-electron chi connectivity index (χ1n) is 6.13. The first-order chi connectivity index (χ1) is 8.51. The van der Waals surface area contributed by atoms with Crippen LogP contribution in [0.2, 0.25) is 0 Å². The Morgan fingerprint density at radius 1 is 1.50 bits per heavy atom. The van der Waals surface area contributed by atoms with Crippen LogP contribution in [0.4, 0.5) is 0 Å². The zero-order chi connectivity index (χ0) is 13.2. The average Bonchev–Trinajstić information content (AvgIpc) is 2.39. The van der Waals surface area contributed by atoms with E-state index in [9.17, 15) is 8.42 Å². The molecular weight excluding hydrogens is 250 g/mol. The van der Waals surface area contributed by atoms with Crippen molar-refractivity contribution in [2.24, 2.45) is 0 Å². The van der Waals surface area contributed by atoms with Gasteiger partial charge in [0.05, 0.1) is 0 Å². The number of aryl methyl sites for hydroxylation is 1. The molecule has 0 amide bonds.